The normalized spacial score (nSPS) is 11.2. The zero-order valence-corrected chi connectivity index (χ0v) is 17.4. The Morgan fingerprint density at radius 1 is 1.16 bits per heavy atom. The fourth-order valence-corrected chi connectivity index (χ4v) is 3.46. The molecule has 3 aromatic carbocycles. The lowest BCUT2D eigenvalue weighted by atomic mass is 10.1. The van der Waals surface area contributed by atoms with Gasteiger partial charge in [-0.25, -0.2) is 5.43 Å². The monoisotopic (exact) mass is 448 g/mol. The molecule has 0 saturated heterocycles. The van der Waals surface area contributed by atoms with Gasteiger partial charge < -0.3 is 9.67 Å². The van der Waals surface area contributed by atoms with E-state index in [1.807, 2.05) is 54.7 Å². The molecule has 0 saturated carbocycles. The molecule has 2 N–H and O–H groups in total. The highest BCUT2D eigenvalue weighted by molar-refractivity contribution is 6.30. The zero-order chi connectivity index (χ0) is 22.7. The van der Waals surface area contributed by atoms with Crippen LogP contribution < -0.4 is 5.43 Å². The topological polar surface area (TPSA) is 110 Å². The van der Waals surface area contributed by atoms with E-state index in [2.05, 4.69) is 15.1 Å². The number of para-hydroxylation sites is 1. The van der Waals surface area contributed by atoms with E-state index < -0.39 is 10.8 Å². The largest absolute Gasteiger partial charge is 0.507 e. The highest BCUT2D eigenvalue weighted by Gasteiger charge is 2.16. The van der Waals surface area contributed by atoms with E-state index in [4.69, 9.17) is 11.6 Å². The maximum atomic E-state index is 12.3. The number of nitrogens with one attached hydrogen (secondary N) is 1. The smallest absolute Gasteiger partial charge is 0.275 e. The fraction of sp³-hybridized carbons (Fsp3) is 0.0435. The minimum atomic E-state index is -0.757. The van der Waals surface area contributed by atoms with Crippen LogP contribution in [0.15, 0.2) is 78.0 Å². The Morgan fingerprint density at radius 2 is 1.91 bits per heavy atom. The number of nitro benzene ring substituents is 1. The highest BCUT2D eigenvalue weighted by atomic mass is 35.5. The number of carbonyl (C=O) groups excluding carboxylic acids is 1. The first-order chi connectivity index (χ1) is 15.4. The van der Waals surface area contributed by atoms with Crippen molar-refractivity contribution in [1.29, 1.82) is 0 Å². The van der Waals surface area contributed by atoms with E-state index in [9.17, 15) is 20.0 Å². The summed E-state index contributed by atoms with van der Waals surface area (Å²) >= 11 is 5.97. The van der Waals surface area contributed by atoms with Crippen molar-refractivity contribution in [2.24, 2.45) is 5.10 Å². The van der Waals surface area contributed by atoms with Crippen LogP contribution in [0.5, 0.6) is 5.75 Å². The van der Waals surface area contributed by atoms with E-state index in [1.165, 1.54) is 6.21 Å². The number of rotatable bonds is 6. The summed E-state index contributed by atoms with van der Waals surface area (Å²) in [5, 5.41) is 26.4. The van der Waals surface area contributed by atoms with Crippen molar-refractivity contribution < 1.29 is 14.8 Å². The second kappa shape index (κ2) is 8.91. The molecule has 160 valence electrons. The number of hydrogen-bond acceptors (Lipinski definition) is 5. The van der Waals surface area contributed by atoms with Crippen molar-refractivity contribution in [3.05, 3.63) is 105 Å². The van der Waals surface area contributed by atoms with Gasteiger partial charge in [0.2, 0.25) is 0 Å². The van der Waals surface area contributed by atoms with Gasteiger partial charge in [0.05, 0.1) is 16.7 Å². The predicted molar refractivity (Wildman–Crippen MR) is 122 cm³/mol. The summed E-state index contributed by atoms with van der Waals surface area (Å²) in [7, 11) is 0. The average molecular weight is 449 g/mol. The molecule has 1 aromatic heterocycles. The van der Waals surface area contributed by atoms with Gasteiger partial charge in [-0.15, -0.1) is 0 Å². The van der Waals surface area contributed by atoms with E-state index in [1.54, 1.807) is 0 Å². The number of fused-ring (bicyclic) bond motifs is 1. The van der Waals surface area contributed by atoms with Crippen LogP contribution in [0.3, 0.4) is 0 Å². The van der Waals surface area contributed by atoms with Crippen LogP contribution in [0.2, 0.25) is 5.02 Å². The van der Waals surface area contributed by atoms with Crippen molar-refractivity contribution in [2.75, 3.05) is 0 Å². The van der Waals surface area contributed by atoms with E-state index in [0.717, 1.165) is 40.2 Å². The molecule has 8 nitrogen and oxygen atoms in total. The summed E-state index contributed by atoms with van der Waals surface area (Å²) in [4.78, 5) is 22.6. The Bertz CT molecular complexity index is 1350. The molecule has 0 aliphatic rings. The van der Waals surface area contributed by atoms with Crippen LogP contribution in [-0.4, -0.2) is 26.7 Å². The Morgan fingerprint density at radius 3 is 2.66 bits per heavy atom. The molecular formula is C23H17ClN4O4. The highest BCUT2D eigenvalue weighted by Crippen LogP contribution is 2.23. The van der Waals surface area contributed by atoms with Gasteiger partial charge in [-0.2, -0.15) is 5.10 Å². The zero-order valence-electron chi connectivity index (χ0n) is 16.6. The number of hydrogen-bond donors (Lipinski definition) is 2. The number of aromatic hydroxyl groups is 1. The molecule has 0 bridgehead atoms. The molecule has 0 atom stereocenters. The first-order valence-corrected chi connectivity index (χ1v) is 9.93. The van der Waals surface area contributed by atoms with Crippen LogP contribution in [0.4, 0.5) is 5.69 Å². The summed E-state index contributed by atoms with van der Waals surface area (Å²) in [5.41, 5.74) is 4.62. The quantitative estimate of drug-likeness (QED) is 0.252. The van der Waals surface area contributed by atoms with Gasteiger partial charge in [-0.1, -0.05) is 41.9 Å². The molecule has 32 heavy (non-hydrogen) atoms. The average Bonchev–Trinajstić information content (AvgIpc) is 3.13. The van der Waals surface area contributed by atoms with Crippen molar-refractivity contribution in [3.8, 4) is 5.75 Å². The minimum Gasteiger partial charge on any atom is -0.507 e. The number of amides is 1. The van der Waals surface area contributed by atoms with Gasteiger partial charge in [0.1, 0.15) is 5.75 Å². The lowest BCUT2D eigenvalue weighted by Gasteiger charge is -2.05. The summed E-state index contributed by atoms with van der Waals surface area (Å²) in [6.07, 6.45) is 3.41. The Hall–Kier alpha value is -4.17. The maximum Gasteiger partial charge on any atom is 0.275 e. The molecule has 4 rings (SSSR count). The third-order valence-electron chi connectivity index (χ3n) is 4.89. The van der Waals surface area contributed by atoms with E-state index in [0.29, 0.717) is 11.6 Å². The Labute approximate surface area is 187 Å². The number of carbonyl (C=O) groups is 1. The Kier molecular flexibility index (Phi) is 5.87. The second-order valence-corrected chi connectivity index (χ2v) is 7.45. The van der Waals surface area contributed by atoms with Gasteiger partial charge in [0.15, 0.2) is 0 Å². The Balaban J connectivity index is 1.57. The predicted octanol–water partition coefficient (Wildman–Crippen LogP) is 4.72. The summed E-state index contributed by atoms with van der Waals surface area (Å²) in [5.74, 6) is -1.13. The summed E-state index contributed by atoms with van der Waals surface area (Å²) < 4.78 is 2.06. The number of benzene rings is 3. The van der Waals surface area contributed by atoms with Crippen LogP contribution in [0.25, 0.3) is 10.9 Å². The van der Waals surface area contributed by atoms with Crippen LogP contribution in [0, 0.1) is 10.1 Å². The van der Waals surface area contributed by atoms with Crippen LogP contribution >= 0.6 is 11.6 Å². The SMILES string of the molecule is O=C(N/N=C\c1cn(Cc2ccc(Cl)cc2)c2ccccc12)c1cc([N+](=O)[O-])ccc1O. The first kappa shape index (κ1) is 21.1. The third kappa shape index (κ3) is 4.45. The van der Waals surface area contributed by atoms with E-state index in [-0.39, 0.29) is 17.0 Å². The van der Waals surface area contributed by atoms with Crippen LogP contribution in [0.1, 0.15) is 21.5 Å². The van der Waals surface area contributed by atoms with Gasteiger partial charge in [-0.05, 0) is 29.8 Å². The fourth-order valence-electron chi connectivity index (χ4n) is 3.34. The molecule has 1 amide bonds. The number of nitrogens with zero attached hydrogens (tertiary/aromatic N) is 3. The van der Waals surface area contributed by atoms with Gasteiger partial charge in [0.25, 0.3) is 11.6 Å². The summed E-state index contributed by atoms with van der Waals surface area (Å²) in [6.45, 7) is 0.624. The van der Waals surface area contributed by atoms with Crippen molar-refractivity contribution in [3.63, 3.8) is 0 Å². The molecule has 0 aliphatic heterocycles. The number of phenolic OH excluding ortho intramolecular Hbond substituents is 1. The van der Waals surface area contributed by atoms with Crippen molar-refractivity contribution >= 4 is 40.3 Å². The number of phenols is 1. The van der Waals surface area contributed by atoms with Gasteiger partial charge in [0, 0.05) is 46.4 Å². The molecule has 9 heteroatoms. The lowest BCUT2D eigenvalue weighted by molar-refractivity contribution is -0.384. The molecular weight excluding hydrogens is 432 g/mol. The van der Waals surface area contributed by atoms with Gasteiger partial charge in [-0.3, -0.25) is 14.9 Å². The van der Waals surface area contributed by atoms with Gasteiger partial charge >= 0.3 is 0 Å². The number of hydrazone groups is 1. The molecule has 1 heterocycles. The molecule has 0 unspecified atom stereocenters. The van der Waals surface area contributed by atoms with Crippen molar-refractivity contribution in [1.82, 2.24) is 9.99 Å². The molecule has 0 spiro atoms. The molecule has 0 aliphatic carbocycles. The molecule has 0 radical (unpaired) electrons. The number of non-ortho nitro benzene ring substituents is 1. The number of nitro groups is 1. The summed E-state index contributed by atoms with van der Waals surface area (Å²) in [6, 6.07) is 18.6. The lowest BCUT2D eigenvalue weighted by Crippen LogP contribution is -2.17. The van der Waals surface area contributed by atoms with Crippen LogP contribution in [-0.2, 0) is 6.54 Å². The maximum absolute atomic E-state index is 12.3. The minimum absolute atomic E-state index is 0.235. The molecule has 4 aromatic rings. The molecule has 0 fully saturated rings. The third-order valence-corrected chi connectivity index (χ3v) is 5.14. The first-order valence-electron chi connectivity index (χ1n) is 9.55. The van der Waals surface area contributed by atoms with Crippen molar-refractivity contribution in [2.45, 2.75) is 6.54 Å². The van der Waals surface area contributed by atoms with E-state index >= 15 is 0 Å². The number of aromatic nitrogens is 1. The second-order valence-electron chi connectivity index (χ2n) is 7.01. The standard InChI is InChI=1S/C23H17ClN4O4/c24-17-7-5-15(6-8-17)13-27-14-16(19-3-1-2-4-21(19)27)12-25-26-23(30)20-11-18(28(31)32)9-10-22(20)29/h1-12,14,29H,13H2,(H,26,30)/b25-12-. The number of halogens is 1.